The molecule has 0 spiro atoms. The van der Waals surface area contributed by atoms with E-state index in [1.54, 1.807) is 6.26 Å². The first-order valence-corrected chi connectivity index (χ1v) is 14.0. The topological polar surface area (TPSA) is 17.1 Å². The van der Waals surface area contributed by atoms with E-state index in [2.05, 4.69) is 72.8 Å². The SMILES string of the molecule is CS(=O)c1ccccc1-c1cc2ccc3sc4ccccc4c3c2c2c1sc1ccccc12. The van der Waals surface area contributed by atoms with Crippen molar-refractivity contribution in [2.75, 3.05) is 6.26 Å². The van der Waals surface area contributed by atoms with Crippen LogP contribution in [0.4, 0.5) is 0 Å². The molecule has 7 rings (SSSR count). The van der Waals surface area contributed by atoms with Gasteiger partial charge in [0.1, 0.15) is 0 Å². The Hall–Kier alpha value is -3.05. The summed E-state index contributed by atoms with van der Waals surface area (Å²) < 4.78 is 17.8. The quantitative estimate of drug-likeness (QED) is 0.242. The number of fused-ring (bicyclic) bond motifs is 9. The number of benzene rings is 5. The molecule has 0 amide bonds. The Balaban J connectivity index is 1.77. The molecule has 0 saturated carbocycles. The average molecular weight is 479 g/mol. The number of hydrogen-bond donors (Lipinski definition) is 0. The Labute approximate surface area is 201 Å². The lowest BCUT2D eigenvalue weighted by molar-refractivity contribution is 0.687. The summed E-state index contributed by atoms with van der Waals surface area (Å²) in [5, 5.41) is 7.84. The fourth-order valence-corrected chi connectivity index (χ4v) is 8.18. The highest BCUT2D eigenvalue weighted by atomic mass is 32.2. The first-order chi connectivity index (χ1) is 16.2. The lowest BCUT2D eigenvalue weighted by atomic mass is 9.94. The molecule has 7 aromatic rings. The highest BCUT2D eigenvalue weighted by Gasteiger charge is 2.20. The molecular formula is C29H18OS3. The Bertz CT molecular complexity index is 1910. The molecule has 0 N–H and O–H groups in total. The second-order valence-electron chi connectivity index (χ2n) is 8.31. The van der Waals surface area contributed by atoms with Crippen molar-refractivity contribution in [2.45, 2.75) is 4.90 Å². The second kappa shape index (κ2) is 7.22. The maximum absolute atomic E-state index is 12.6. The van der Waals surface area contributed by atoms with E-state index in [1.165, 1.54) is 56.7 Å². The molecule has 0 aliphatic heterocycles. The summed E-state index contributed by atoms with van der Waals surface area (Å²) in [5.41, 5.74) is 2.23. The summed E-state index contributed by atoms with van der Waals surface area (Å²) in [6, 6.07) is 32.4. The predicted octanol–water partition coefficient (Wildman–Crippen LogP) is 8.98. The molecule has 1 atom stereocenters. The molecular weight excluding hydrogens is 461 g/mol. The van der Waals surface area contributed by atoms with Crippen LogP contribution < -0.4 is 0 Å². The molecule has 4 heteroatoms. The summed E-state index contributed by atoms with van der Waals surface area (Å²) in [7, 11) is -1.06. The lowest BCUT2D eigenvalue weighted by Gasteiger charge is -2.12. The van der Waals surface area contributed by atoms with Gasteiger partial charge in [0.15, 0.2) is 0 Å². The van der Waals surface area contributed by atoms with E-state index in [0.717, 1.165) is 10.5 Å². The minimum atomic E-state index is -1.06. The number of rotatable bonds is 2. The first-order valence-electron chi connectivity index (χ1n) is 10.8. The van der Waals surface area contributed by atoms with Gasteiger partial charge in [0.05, 0.1) is 10.8 Å². The predicted molar refractivity (Wildman–Crippen MR) is 147 cm³/mol. The minimum Gasteiger partial charge on any atom is -0.255 e. The van der Waals surface area contributed by atoms with E-state index in [0.29, 0.717) is 0 Å². The molecule has 0 radical (unpaired) electrons. The third-order valence-corrected chi connectivity index (χ3v) is 9.77. The van der Waals surface area contributed by atoms with Crippen LogP contribution in [0.2, 0.25) is 0 Å². The van der Waals surface area contributed by atoms with Gasteiger partial charge in [-0.1, -0.05) is 60.7 Å². The molecule has 2 aromatic heterocycles. The zero-order valence-corrected chi connectivity index (χ0v) is 20.2. The van der Waals surface area contributed by atoms with Crippen LogP contribution in [-0.2, 0) is 10.8 Å². The van der Waals surface area contributed by atoms with E-state index >= 15 is 0 Å². The van der Waals surface area contributed by atoms with Gasteiger partial charge in [-0.3, -0.25) is 4.21 Å². The minimum absolute atomic E-state index is 0.887. The van der Waals surface area contributed by atoms with E-state index in [9.17, 15) is 4.21 Å². The van der Waals surface area contributed by atoms with Crippen molar-refractivity contribution in [2.24, 2.45) is 0 Å². The van der Waals surface area contributed by atoms with Crippen LogP contribution in [-0.4, -0.2) is 10.5 Å². The lowest BCUT2D eigenvalue weighted by Crippen LogP contribution is -1.92. The van der Waals surface area contributed by atoms with Crippen molar-refractivity contribution in [1.29, 1.82) is 0 Å². The first kappa shape index (κ1) is 19.4. The molecule has 1 unspecified atom stereocenters. The molecule has 1 nitrogen and oxygen atoms in total. The van der Waals surface area contributed by atoms with Crippen molar-refractivity contribution < 1.29 is 4.21 Å². The molecule has 0 aliphatic rings. The van der Waals surface area contributed by atoms with Crippen molar-refractivity contribution >= 4 is 84.6 Å². The van der Waals surface area contributed by atoms with Crippen molar-refractivity contribution in [3.63, 3.8) is 0 Å². The van der Waals surface area contributed by atoms with Crippen molar-refractivity contribution in [3.8, 4) is 11.1 Å². The zero-order valence-electron chi connectivity index (χ0n) is 17.8. The van der Waals surface area contributed by atoms with Crippen LogP contribution in [0, 0.1) is 0 Å². The Kier molecular flexibility index (Phi) is 4.25. The van der Waals surface area contributed by atoms with Crippen molar-refractivity contribution in [3.05, 3.63) is 91.0 Å². The van der Waals surface area contributed by atoms with E-state index in [-0.39, 0.29) is 0 Å². The summed E-state index contributed by atoms with van der Waals surface area (Å²) in [5.74, 6) is 0. The van der Waals surface area contributed by atoms with E-state index in [4.69, 9.17) is 0 Å². The zero-order chi connectivity index (χ0) is 22.1. The van der Waals surface area contributed by atoms with Crippen LogP contribution in [0.15, 0.2) is 95.9 Å². The maximum atomic E-state index is 12.6. The molecule has 33 heavy (non-hydrogen) atoms. The summed E-state index contributed by atoms with van der Waals surface area (Å²) in [6.07, 6.45) is 1.77. The molecule has 5 aromatic carbocycles. The fraction of sp³-hybridized carbons (Fsp3) is 0.0345. The van der Waals surface area contributed by atoms with Crippen LogP contribution in [0.25, 0.3) is 62.2 Å². The number of hydrogen-bond acceptors (Lipinski definition) is 3. The van der Waals surface area contributed by atoms with Gasteiger partial charge in [0.2, 0.25) is 0 Å². The molecule has 158 valence electrons. The normalized spacial score (nSPS) is 13.0. The van der Waals surface area contributed by atoms with E-state index in [1.807, 2.05) is 40.9 Å². The molecule has 2 heterocycles. The Morgan fingerprint density at radius 1 is 0.606 bits per heavy atom. The standard InChI is InChI=1S/C29H18OS3/c1-33(30)25-13-7-4-8-18(25)21-16-17-14-15-24-27(19-9-2-5-11-22(19)31-24)26(17)28-20-10-3-6-12-23(20)32-29(21)28/h2-16H,1H3. The maximum Gasteiger partial charge on any atom is 0.0504 e. The van der Waals surface area contributed by atoms with Gasteiger partial charge in [-0.05, 0) is 41.3 Å². The fourth-order valence-electron chi connectivity index (χ4n) is 5.07. The van der Waals surface area contributed by atoms with Gasteiger partial charge < -0.3 is 0 Å². The third kappa shape index (κ3) is 2.78. The monoisotopic (exact) mass is 478 g/mol. The summed E-state index contributed by atoms with van der Waals surface area (Å²) >= 11 is 3.70. The van der Waals surface area contributed by atoms with Gasteiger partial charge in [-0.25, -0.2) is 0 Å². The largest absolute Gasteiger partial charge is 0.255 e. The van der Waals surface area contributed by atoms with Gasteiger partial charge >= 0.3 is 0 Å². The van der Waals surface area contributed by atoms with Crippen LogP contribution in [0.3, 0.4) is 0 Å². The van der Waals surface area contributed by atoms with Crippen molar-refractivity contribution in [1.82, 2.24) is 0 Å². The summed E-state index contributed by atoms with van der Waals surface area (Å²) in [6.45, 7) is 0. The van der Waals surface area contributed by atoms with Crippen LogP contribution >= 0.6 is 22.7 Å². The second-order valence-corrected chi connectivity index (χ2v) is 11.8. The smallest absolute Gasteiger partial charge is 0.0504 e. The van der Waals surface area contributed by atoms with Gasteiger partial charge in [0, 0.05) is 62.4 Å². The molecule has 0 saturated heterocycles. The molecule has 0 bridgehead atoms. The molecule has 0 aliphatic carbocycles. The Morgan fingerprint density at radius 3 is 2.06 bits per heavy atom. The summed E-state index contributed by atoms with van der Waals surface area (Å²) in [4.78, 5) is 0.887. The highest BCUT2D eigenvalue weighted by Crippen LogP contribution is 2.49. The van der Waals surface area contributed by atoms with E-state index < -0.39 is 10.8 Å². The van der Waals surface area contributed by atoms with Crippen LogP contribution in [0.1, 0.15) is 0 Å². The average Bonchev–Trinajstić information content (AvgIpc) is 3.42. The highest BCUT2D eigenvalue weighted by molar-refractivity contribution is 7.84. The third-order valence-electron chi connectivity index (χ3n) is 6.45. The van der Waals surface area contributed by atoms with Crippen LogP contribution in [0.5, 0.6) is 0 Å². The van der Waals surface area contributed by atoms with Gasteiger partial charge in [0.25, 0.3) is 0 Å². The van der Waals surface area contributed by atoms with Gasteiger partial charge in [-0.15, -0.1) is 22.7 Å². The van der Waals surface area contributed by atoms with Gasteiger partial charge in [-0.2, -0.15) is 0 Å². The molecule has 0 fully saturated rings. The number of thiophene rings is 2. The Morgan fingerprint density at radius 2 is 1.27 bits per heavy atom.